The van der Waals surface area contributed by atoms with Crippen molar-refractivity contribution in [3.8, 4) is 23.0 Å². The van der Waals surface area contributed by atoms with Gasteiger partial charge in [-0.15, -0.1) is 24.0 Å². The van der Waals surface area contributed by atoms with Gasteiger partial charge in [0.05, 0.1) is 28.4 Å². The van der Waals surface area contributed by atoms with Gasteiger partial charge in [-0.05, 0) is 43.2 Å². The van der Waals surface area contributed by atoms with Crippen molar-refractivity contribution in [1.82, 2.24) is 5.32 Å². The molecule has 0 bridgehead atoms. The highest BCUT2D eigenvalue weighted by Crippen LogP contribution is 2.30. The fourth-order valence-corrected chi connectivity index (χ4v) is 2.69. The molecule has 0 radical (unpaired) electrons. The third kappa shape index (κ3) is 7.19. The maximum atomic E-state index is 5.35. The summed E-state index contributed by atoms with van der Waals surface area (Å²) in [7, 11) is 6.50. The van der Waals surface area contributed by atoms with Crippen molar-refractivity contribution in [2.45, 2.75) is 13.3 Å². The number of guanidine groups is 1. The molecule has 8 heteroatoms. The number of hydrogen-bond acceptors (Lipinski definition) is 5. The van der Waals surface area contributed by atoms with Crippen LogP contribution in [0.25, 0.3) is 0 Å². The van der Waals surface area contributed by atoms with Gasteiger partial charge in [0, 0.05) is 24.8 Å². The summed E-state index contributed by atoms with van der Waals surface area (Å²) in [5, 5.41) is 6.54. The number of aliphatic imine (C=N–C) groups is 1. The lowest BCUT2D eigenvalue weighted by atomic mass is 10.1. The summed E-state index contributed by atoms with van der Waals surface area (Å²) in [6.45, 7) is 3.41. The van der Waals surface area contributed by atoms with Crippen LogP contribution in [0.3, 0.4) is 0 Å². The zero-order chi connectivity index (χ0) is 20.4. The van der Waals surface area contributed by atoms with Gasteiger partial charge in [0.2, 0.25) is 0 Å². The third-order valence-corrected chi connectivity index (χ3v) is 4.11. The zero-order valence-corrected chi connectivity index (χ0v) is 19.9. The number of methoxy groups -OCH3 is 4. The van der Waals surface area contributed by atoms with Gasteiger partial charge in [0.1, 0.15) is 0 Å². The van der Waals surface area contributed by atoms with Crippen molar-refractivity contribution >= 4 is 35.6 Å². The summed E-state index contributed by atoms with van der Waals surface area (Å²) in [6.07, 6.45) is 0.781. The maximum absolute atomic E-state index is 5.35. The molecule has 2 N–H and O–H groups in total. The smallest absolute Gasteiger partial charge is 0.195 e. The highest BCUT2D eigenvalue weighted by molar-refractivity contribution is 14.0. The molecule has 29 heavy (non-hydrogen) atoms. The summed E-state index contributed by atoms with van der Waals surface area (Å²) in [5.74, 6) is 3.49. The van der Waals surface area contributed by atoms with Crippen LogP contribution in [0.15, 0.2) is 41.4 Å². The predicted octanol–water partition coefficient (Wildman–Crippen LogP) is 3.96. The van der Waals surface area contributed by atoms with E-state index in [1.807, 2.05) is 43.3 Å². The van der Waals surface area contributed by atoms with Crippen molar-refractivity contribution in [2.24, 2.45) is 4.99 Å². The molecule has 0 aromatic heterocycles. The Morgan fingerprint density at radius 3 is 2.00 bits per heavy atom. The summed E-state index contributed by atoms with van der Waals surface area (Å²) in [5.41, 5.74) is 1.99. The summed E-state index contributed by atoms with van der Waals surface area (Å²) < 4.78 is 21.3. The number of anilines is 1. The molecule has 0 unspecified atom stereocenters. The number of hydrogen-bond donors (Lipinski definition) is 2. The maximum Gasteiger partial charge on any atom is 0.195 e. The molecule has 0 fully saturated rings. The lowest BCUT2D eigenvalue weighted by Crippen LogP contribution is -2.30. The van der Waals surface area contributed by atoms with E-state index in [9.17, 15) is 0 Å². The first kappa shape index (κ1) is 24.7. The largest absolute Gasteiger partial charge is 0.493 e. The van der Waals surface area contributed by atoms with E-state index in [1.165, 1.54) is 0 Å². The van der Waals surface area contributed by atoms with E-state index in [0.717, 1.165) is 35.7 Å². The van der Waals surface area contributed by atoms with Crippen LogP contribution in [0.1, 0.15) is 12.5 Å². The highest BCUT2D eigenvalue weighted by atomic mass is 127. The van der Waals surface area contributed by atoms with Gasteiger partial charge < -0.3 is 29.6 Å². The Kier molecular flexibility index (Phi) is 11.0. The number of ether oxygens (including phenoxy) is 4. The lowest BCUT2D eigenvalue weighted by Gasteiger charge is -2.14. The SMILES string of the molecule is CCNC(=NCCc1ccc(OC)c(OC)c1)Nc1ccc(OC)c(OC)c1.I. The summed E-state index contributed by atoms with van der Waals surface area (Å²) >= 11 is 0. The van der Waals surface area contributed by atoms with Gasteiger partial charge in [0.15, 0.2) is 29.0 Å². The Morgan fingerprint density at radius 1 is 0.828 bits per heavy atom. The van der Waals surface area contributed by atoms with Gasteiger partial charge in [0.25, 0.3) is 0 Å². The predicted molar refractivity (Wildman–Crippen MR) is 128 cm³/mol. The van der Waals surface area contributed by atoms with Crippen LogP contribution in [0.5, 0.6) is 23.0 Å². The average molecular weight is 515 g/mol. The molecule has 0 spiro atoms. The topological polar surface area (TPSA) is 73.3 Å². The second kappa shape index (κ2) is 13.0. The Hall–Kier alpha value is -2.36. The minimum Gasteiger partial charge on any atom is -0.493 e. The van der Waals surface area contributed by atoms with Crippen LogP contribution in [0.4, 0.5) is 5.69 Å². The van der Waals surface area contributed by atoms with Crippen LogP contribution in [-0.2, 0) is 6.42 Å². The molecule has 2 rings (SSSR count). The lowest BCUT2D eigenvalue weighted by molar-refractivity contribution is 0.354. The van der Waals surface area contributed by atoms with E-state index < -0.39 is 0 Å². The fourth-order valence-electron chi connectivity index (χ4n) is 2.69. The second-order valence-corrected chi connectivity index (χ2v) is 5.89. The van der Waals surface area contributed by atoms with E-state index in [0.29, 0.717) is 24.0 Å². The monoisotopic (exact) mass is 515 g/mol. The fraction of sp³-hybridized carbons (Fsp3) is 0.381. The minimum absolute atomic E-state index is 0. The van der Waals surface area contributed by atoms with E-state index in [1.54, 1.807) is 28.4 Å². The van der Waals surface area contributed by atoms with Crippen LogP contribution in [0, 0.1) is 0 Å². The molecule has 0 aliphatic rings. The normalized spacial score (nSPS) is 10.6. The third-order valence-electron chi connectivity index (χ3n) is 4.11. The Bertz CT molecular complexity index is 799. The Morgan fingerprint density at radius 2 is 1.41 bits per heavy atom. The van der Waals surface area contributed by atoms with E-state index >= 15 is 0 Å². The summed E-state index contributed by atoms with van der Waals surface area (Å²) in [4.78, 5) is 4.65. The van der Waals surface area contributed by atoms with Crippen molar-refractivity contribution < 1.29 is 18.9 Å². The molecule has 0 saturated heterocycles. The van der Waals surface area contributed by atoms with Crippen LogP contribution in [-0.4, -0.2) is 47.5 Å². The second-order valence-electron chi connectivity index (χ2n) is 5.89. The van der Waals surface area contributed by atoms with Gasteiger partial charge in [-0.25, -0.2) is 0 Å². The molecule has 2 aromatic carbocycles. The molecule has 0 amide bonds. The van der Waals surface area contributed by atoms with Crippen LogP contribution < -0.4 is 29.6 Å². The number of nitrogens with one attached hydrogen (secondary N) is 2. The summed E-state index contributed by atoms with van der Waals surface area (Å²) in [6, 6.07) is 11.6. The molecule has 7 nitrogen and oxygen atoms in total. The number of nitrogens with zero attached hydrogens (tertiary/aromatic N) is 1. The zero-order valence-electron chi connectivity index (χ0n) is 17.6. The molecule has 2 aromatic rings. The van der Waals surface area contributed by atoms with E-state index in [4.69, 9.17) is 18.9 Å². The van der Waals surface area contributed by atoms with Crippen molar-refractivity contribution in [3.63, 3.8) is 0 Å². The first-order valence-corrected chi connectivity index (χ1v) is 9.13. The minimum atomic E-state index is 0. The molecular formula is C21H30IN3O4. The van der Waals surface area contributed by atoms with Crippen LogP contribution >= 0.6 is 24.0 Å². The average Bonchev–Trinajstić information content (AvgIpc) is 2.73. The van der Waals surface area contributed by atoms with E-state index in [2.05, 4.69) is 15.6 Å². The Labute approximate surface area is 189 Å². The molecule has 0 atom stereocenters. The number of rotatable bonds is 9. The number of halogens is 1. The van der Waals surface area contributed by atoms with Gasteiger partial charge in [-0.2, -0.15) is 0 Å². The molecule has 160 valence electrons. The molecule has 0 heterocycles. The quantitative estimate of drug-likeness (QED) is 0.299. The van der Waals surface area contributed by atoms with E-state index in [-0.39, 0.29) is 24.0 Å². The van der Waals surface area contributed by atoms with Gasteiger partial charge >= 0.3 is 0 Å². The molecule has 0 aliphatic heterocycles. The highest BCUT2D eigenvalue weighted by Gasteiger charge is 2.07. The molecule has 0 aliphatic carbocycles. The van der Waals surface area contributed by atoms with Gasteiger partial charge in [-0.3, -0.25) is 4.99 Å². The number of benzene rings is 2. The van der Waals surface area contributed by atoms with Crippen molar-refractivity contribution in [1.29, 1.82) is 0 Å². The molecule has 0 saturated carbocycles. The first-order valence-electron chi connectivity index (χ1n) is 9.13. The van der Waals surface area contributed by atoms with Crippen LogP contribution in [0.2, 0.25) is 0 Å². The van der Waals surface area contributed by atoms with Gasteiger partial charge in [-0.1, -0.05) is 6.07 Å². The first-order chi connectivity index (χ1) is 13.6. The van der Waals surface area contributed by atoms with Crippen molar-refractivity contribution in [2.75, 3.05) is 46.8 Å². The molecular weight excluding hydrogens is 485 g/mol. The van der Waals surface area contributed by atoms with Crippen molar-refractivity contribution in [3.05, 3.63) is 42.0 Å². The standard InChI is InChI=1S/C21H29N3O4.HI/c1-6-22-21(24-16-8-10-18(26-3)20(14-16)28-5)23-12-11-15-7-9-17(25-2)19(13-15)27-4;/h7-10,13-14H,6,11-12H2,1-5H3,(H2,22,23,24);1H. The Balaban J connectivity index is 0.00000420.